The van der Waals surface area contributed by atoms with Gasteiger partial charge in [-0.3, -0.25) is 4.55 Å². The molecule has 5 nitrogen and oxygen atoms in total. The minimum atomic E-state index is -4.38. The number of thiol groups is 1. The van der Waals surface area contributed by atoms with Crippen LogP contribution >= 0.6 is 24.4 Å². The average Bonchev–Trinajstić information content (AvgIpc) is 2.60. The summed E-state index contributed by atoms with van der Waals surface area (Å²) in [6, 6.07) is 17.7. The van der Waals surface area contributed by atoms with Crippen molar-refractivity contribution in [3.8, 4) is 0 Å². The highest BCUT2D eigenvalue weighted by Gasteiger charge is 2.17. The lowest BCUT2D eigenvalue weighted by Crippen LogP contribution is -2.02. The van der Waals surface area contributed by atoms with Crippen LogP contribution in [0.25, 0.3) is 0 Å². The van der Waals surface area contributed by atoms with E-state index in [1.54, 1.807) is 24.3 Å². The summed E-state index contributed by atoms with van der Waals surface area (Å²) in [5.74, 6) is 0. The molecule has 27 heavy (non-hydrogen) atoms. The molecule has 0 aliphatic carbocycles. The van der Waals surface area contributed by atoms with Crippen molar-refractivity contribution < 1.29 is 13.0 Å². The van der Waals surface area contributed by atoms with Gasteiger partial charge >= 0.3 is 0 Å². The van der Waals surface area contributed by atoms with Gasteiger partial charge in [0.2, 0.25) is 0 Å². The molecule has 0 atom stereocenters. The highest BCUT2D eigenvalue weighted by Crippen LogP contribution is 2.35. The first-order valence-electron chi connectivity index (χ1n) is 7.93. The van der Waals surface area contributed by atoms with Crippen LogP contribution < -0.4 is 11.5 Å². The lowest BCUT2D eigenvalue weighted by Gasteiger charge is -2.11. The van der Waals surface area contributed by atoms with Crippen LogP contribution in [0.5, 0.6) is 0 Å². The quantitative estimate of drug-likeness (QED) is 0.282. The summed E-state index contributed by atoms with van der Waals surface area (Å²) in [6.45, 7) is 0. The van der Waals surface area contributed by atoms with Gasteiger partial charge in [0.05, 0.1) is 11.4 Å². The summed E-state index contributed by atoms with van der Waals surface area (Å²) in [4.78, 5) is 1.86. The zero-order valence-electron chi connectivity index (χ0n) is 14.2. The third-order valence-corrected chi connectivity index (χ3v) is 6.30. The van der Waals surface area contributed by atoms with E-state index >= 15 is 0 Å². The molecule has 5 N–H and O–H groups in total. The molecule has 0 aliphatic rings. The molecule has 0 radical (unpaired) electrons. The average molecular weight is 419 g/mol. The van der Waals surface area contributed by atoms with E-state index in [0.717, 1.165) is 20.9 Å². The van der Waals surface area contributed by atoms with Gasteiger partial charge in [0.15, 0.2) is 0 Å². The van der Waals surface area contributed by atoms with E-state index in [4.69, 9.17) is 11.5 Å². The molecule has 3 rings (SSSR count). The predicted molar refractivity (Wildman–Crippen MR) is 112 cm³/mol. The van der Waals surface area contributed by atoms with Crippen LogP contribution in [0.2, 0.25) is 0 Å². The van der Waals surface area contributed by atoms with Gasteiger partial charge in [0.1, 0.15) is 4.90 Å². The van der Waals surface area contributed by atoms with Crippen molar-refractivity contribution >= 4 is 45.9 Å². The van der Waals surface area contributed by atoms with Crippen molar-refractivity contribution in [1.82, 2.24) is 0 Å². The summed E-state index contributed by atoms with van der Waals surface area (Å²) in [5.41, 5.74) is 14.2. The lowest BCUT2D eigenvalue weighted by molar-refractivity contribution is 0.481. The molecule has 0 amide bonds. The van der Waals surface area contributed by atoms with Crippen LogP contribution in [-0.4, -0.2) is 13.0 Å². The monoisotopic (exact) mass is 418 g/mol. The molecule has 0 saturated carbocycles. The first-order chi connectivity index (χ1) is 12.7. The topological polar surface area (TPSA) is 106 Å². The van der Waals surface area contributed by atoms with Gasteiger partial charge in [0.25, 0.3) is 10.1 Å². The Balaban J connectivity index is 1.94. The predicted octanol–water partition coefficient (Wildman–Crippen LogP) is 4.13. The van der Waals surface area contributed by atoms with Crippen LogP contribution in [0.15, 0.2) is 80.2 Å². The summed E-state index contributed by atoms with van der Waals surface area (Å²) in [5, 5.41) is 0. The Kier molecular flexibility index (Phi) is 5.71. The summed E-state index contributed by atoms with van der Waals surface area (Å²) < 4.78 is 33.5. The molecular weight excluding hydrogens is 400 g/mol. The first-order valence-corrected chi connectivity index (χ1v) is 10.6. The largest absolute Gasteiger partial charge is 0.397 e. The Labute approximate surface area is 167 Å². The molecule has 0 heterocycles. The van der Waals surface area contributed by atoms with Gasteiger partial charge in [0, 0.05) is 14.7 Å². The van der Waals surface area contributed by atoms with E-state index < -0.39 is 10.1 Å². The number of nitrogen functional groups attached to an aromatic ring is 2. The maximum atomic E-state index is 11.9. The van der Waals surface area contributed by atoms with Crippen LogP contribution in [0, 0.1) is 0 Å². The number of rotatable bonds is 5. The van der Waals surface area contributed by atoms with Crippen molar-refractivity contribution in [2.24, 2.45) is 0 Å². The fourth-order valence-electron chi connectivity index (χ4n) is 2.54. The van der Waals surface area contributed by atoms with E-state index in [9.17, 15) is 13.0 Å². The van der Waals surface area contributed by atoms with Gasteiger partial charge in [-0.25, -0.2) is 0 Å². The summed E-state index contributed by atoms with van der Waals surface area (Å²) in [7, 11) is -4.38. The minimum Gasteiger partial charge on any atom is -0.397 e. The second kappa shape index (κ2) is 7.85. The number of hydrogen-bond donors (Lipinski definition) is 4. The van der Waals surface area contributed by atoms with E-state index in [-0.39, 0.29) is 4.90 Å². The molecule has 0 saturated heterocycles. The summed E-state index contributed by atoms with van der Waals surface area (Å²) in [6.07, 6.45) is 0.538. The second-order valence-corrected chi connectivity index (χ2v) is 9.01. The number of anilines is 2. The molecule has 0 fully saturated rings. The molecule has 3 aromatic carbocycles. The molecule has 0 bridgehead atoms. The fraction of sp³-hybridized carbons (Fsp3) is 0.0526. The number of nitrogens with two attached hydrogens (primary N) is 2. The zero-order chi connectivity index (χ0) is 19.6. The Bertz CT molecular complexity index is 1080. The Morgan fingerprint density at radius 2 is 1.56 bits per heavy atom. The third kappa shape index (κ3) is 4.98. The lowest BCUT2D eigenvalue weighted by atomic mass is 10.1. The fourth-order valence-corrected chi connectivity index (χ4v) is 4.63. The van der Waals surface area contributed by atoms with Crippen LogP contribution in [0.1, 0.15) is 11.1 Å². The maximum Gasteiger partial charge on any atom is 0.295 e. The van der Waals surface area contributed by atoms with E-state index in [2.05, 4.69) is 12.6 Å². The number of hydrogen-bond acceptors (Lipinski definition) is 6. The Morgan fingerprint density at radius 3 is 2.19 bits per heavy atom. The van der Waals surface area contributed by atoms with Crippen molar-refractivity contribution in [3.63, 3.8) is 0 Å². The van der Waals surface area contributed by atoms with Gasteiger partial charge in [-0.1, -0.05) is 30.0 Å². The van der Waals surface area contributed by atoms with E-state index in [1.807, 2.05) is 30.3 Å². The van der Waals surface area contributed by atoms with E-state index in [0.29, 0.717) is 22.7 Å². The van der Waals surface area contributed by atoms with Crippen molar-refractivity contribution in [2.75, 3.05) is 11.5 Å². The van der Waals surface area contributed by atoms with E-state index in [1.165, 1.54) is 17.8 Å². The first kappa shape index (κ1) is 19.6. The smallest absolute Gasteiger partial charge is 0.295 e. The van der Waals surface area contributed by atoms with Crippen LogP contribution in [0.4, 0.5) is 11.4 Å². The molecule has 0 unspecified atom stereocenters. The van der Waals surface area contributed by atoms with Crippen molar-refractivity contribution in [1.29, 1.82) is 0 Å². The molecule has 140 valence electrons. The second-order valence-electron chi connectivity index (χ2n) is 5.99. The Morgan fingerprint density at radius 1 is 0.889 bits per heavy atom. The summed E-state index contributed by atoms with van der Waals surface area (Å²) >= 11 is 5.45. The SMILES string of the molecule is Nc1ccc(Sc2ccc(Cc3ccc(S)cc3)cc2S(=O)(=O)O)cc1N. The van der Waals surface area contributed by atoms with Gasteiger partial charge in [-0.05, 0) is 60.0 Å². The molecule has 0 aromatic heterocycles. The highest BCUT2D eigenvalue weighted by molar-refractivity contribution is 8.00. The van der Waals surface area contributed by atoms with Gasteiger partial charge < -0.3 is 11.5 Å². The van der Waals surface area contributed by atoms with Gasteiger partial charge in [-0.15, -0.1) is 12.6 Å². The molecule has 0 aliphatic heterocycles. The molecule has 8 heteroatoms. The van der Waals surface area contributed by atoms with Crippen molar-refractivity contribution in [2.45, 2.75) is 26.0 Å². The third-order valence-electron chi connectivity index (χ3n) is 3.92. The molecule has 0 spiro atoms. The van der Waals surface area contributed by atoms with Crippen LogP contribution in [-0.2, 0) is 16.5 Å². The van der Waals surface area contributed by atoms with Gasteiger partial charge in [-0.2, -0.15) is 8.42 Å². The molecular formula is C19H18N2O3S3. The molecule has 3 aromatic rings. The zero-order valence-corrected chi connectivity index (χ0v) is 16.7. The van der Waals surface area contributed by atoms with Crippen molar-refractivity contribution in [3.05, 3.63) is 71.8 Å². The number of benzene rings is 3. The standard InChI is InChI=1S/C19H18N2O3S3/c20-16-7-6-15(11-17(16)21)26-18-8-3-13(10-19(18)27(22,23)24)9-12-1-4-14(25)5-2-12/h1-8,10-11,25H,9,20-21H2,(H,22,23,24). The minimum absolute atomic E-state index is 0.133. The maximum absolute atomic E-state index is 11.9. The highest BCUT2D eigenvalue weighted by atomic mass is 32.2. The Hall–Kier alpha value is -2.13. The van der Waals surface area contributed by atoms with Crippen LogP contribution in [0.3, 0.4) is 0 Å². The normalized spacial score (nSPS) is 11.5.